The number of nitrogens with zero attached hydrogens (tertiary/aromatic N) is 2. The van der Waals surface area contributed by atoms with E-state index in [9.17, 15) is 14.0 Å². The van der Waals surface area contributed by atoms with E-state index in [0.29, 0.717) is 11.5 Å². The molecule has 2 saturated heterocycles. The van der Waals surface area contributed by atoms with Gasteiger partial charge in [0.2, 0.25) is 11.8 Å². The summed E-state index contributed by atoms with van der Waals surface area (Å²) in [7, 11) is 0. The number of carbonyl (C=O) groups is 2. The van der Waals surface area contributed by atoms with Gasteiger partial charge in [0.15, 0.2) is 0 Å². The van der Waals surface area contributed by atoms with E-state index < -0.39 is 5.82 Å². The highest BCUT2D eigenvalue weighted by Gasteiger charge is 2.60. The largest absolute Gasteiger partial charge is 0.335 e. The quantitative estimate of drug-likeness (QED) is 0.813. The Morgan fingerprint density at radius 2 is 2.04 bits per heavy atom. The normalized spacial score (nSPS) is 30.6. The zero-order valence-corrected chi connectivity index (χ0v) is 15.3. The van der Waals surface area contributed by atoms with Crippen molar-refractivity contribution in [2.75, 3.05) is 6.54 Å². The molecule has 138 valence electrons. The highest BCUT2D eigenvalue weighted by Crippen LogP contribution is 2.53. The van der Waals surface area contributed by atoms with Crippen molar-refractivity contribution in [3.05, 3.63) is 34.6 Å². The highest BCUT2D eigenvalue weighted by molar-refractivity contribution is 6.31. The van der Waals surface area contributed by atoms with Gasteiger partial charge in [-0.1, -0.05) is 17.7 Å². The van der Waals surface area contributed by atoms with Crippen LogP contribution in [0.5, 0.6) is 0 Å². The SMILES string of the molecule is O=C(Cc1ccc(F)cc1Cl)N1[C@@H](C(=O)N2CCCC23CC3)C[C@@H]2C[C@@H]21. The third-order valence-electron chi connectivity index (χ3n) is 6.72. The molecule has 0 radical (unpaired) electrons. The summed E-state index contributed by atoms with van der Waals surface area (Å²) < 4.78 is 13.2. The first kappa shape index (κ1) is 16.5. The fraction of sp³-hybridized carbons (Fsp3) is 0.600. The molecule has 0 N–H and O–H groups in total. The lowest BCUT2D eigenvalue weighted by molar-refractivity contribution is -0.145. The Balaban J connectivity index is 1.35. The van der Waals surface area contributed by atoms with Gasteiger partial charge in [0.05, 0.1) is 6.42 Å². The number of fused-ring (bicyclic) bond motifs is 1. The Hall–Kier alpha value is -1.62. The summed E-state index contributed by atoms with van der Waals surface area (Å²) in [6.45, 7) is 0.830. The predicted molar refractivity (Wildman–Crippen MR) is 95.2 cm³/mol. The molecule has 2 amide bonds. The maximum absolute atomic E-state index is 13.2. The second-order valence-electron chi connectivity index (χ2n) is 8.35. The summed E-state index contributed by atoms with van der Waals surface area (Å²) in [5.74, 6) is 0.137. The Kier molecular flexibility index (Phi) is 3.62. The number of hydrogen-bond donors (Lipinski definition) is 0. The van der Waals surface area contributed by atoms with Crippen LogP contribution in [0.1, 0.15) is 44.1 Å². The molecule has 1 aromatic rings. The first-order valence-corrected chi connectivity index (χ1v) is 9.93. The number of likely N-dealkylation sites (tertiary alicyclic amines) is 2. The standard InChI is InChI=1S/C20H22ClFN2O2/c21-15-11-14(22)3-2-12(15)10-18(25)24-16-8-13(16)9-17(24)19(26)23-7-1-4-20(23)5-6-20/h2-3,11,13,16-17H,1,4-10H2/t13-,16-,17+/m0/s1. The van der Waals surface area contributed by atoms with Crippen molar-refractivity contribution in [2.45, 2.75) is 62.6 Å². The maximum atomic E-state index is 13.2. The van der Waals surface area contributed by atoms with E-state index in [1.54, 1.807) is 6.07 Å². The molecule has 4 fully saturated rings. The van der Waals surface area contributed by atoms with E-state index in [2.05, 4.69) is 4.90 Å². The summed E-state index contributed by atoms with van der Waals surface area (Å²) in [5.41, 5.74) is 0.729. The molecule has 6 heteroatoms. The molecule has 2 heterocycles. The Bertz CT molecular complexity index is 794. The summed E-state index contributed by atoms with van der Waals surface area (Å²) in [4.78, 5) is 30.1. The zero-order valence-electron chi connectivity index (χ0n) is 14.6. The van der Waals surface area contributed by atoms with Crippen molar-refractivity contribution < 1.29 is 14.0 Å². The lowest BCUT2D eigenvalue weighted by Crippen LogP contribution is -2.51. The van der Waals surface area contributed by atoms with Crippen molar-refractivity contribution in [3.8, 4) is 0 Å². The van der Waals surface area contributed by atoms with Crippen LogP contribution in [0, 0.1) is 11.7 Å². The van der Waals surface area contributed by atoms with Crippen molar-refractivity contribution in [1.29, 1.82) is 0 Å². The molecule has 3 atom stereocenters. The molecule has 1 aromatic carbocycles. The monoisotopic (exact) mass is 376 g/mol. The van der Waals surface area contributed by atoms with Crippen LogP contribution in [-0.4, -0.2) is 45.8 Å². The minimum Gasteiger partial charge on any atom is -0.335 e. The summed E-state index contributed by atoms with van der Waals surface area (Å²) in [5, 5.41) is 0.268. The molecular weight excluding hydrogens is 355 g/mol. The van der Waals surface area contributed by atoms with E-state index in [1.807, 2.05) is 4.90 Å². The van der Waals surface area contributed by atoms with Gasteiger partial charge in [-0.25, -0.2) is 4.39 Å². The van der Waals surface area contributed by atoms with Crippen LogP contribution in [0.15, 0.2) is 18.2 Å². The molecular formula is C20H22ClFN2O2. The third-order valence-corrected chi connectivity index (χ3v) is 7.08. The zero-order chi connectivity index (χ0) is 18.1. The van der Waals surface area contributed by atoms with Gasteiger partial charge in [0.25, 0.3) is 0 Å². The number of halogens is 2. The van der Waals surface area contributed by atoms with Crippen LogP contribution < -0.4 is 0 Å². The van der Waals surface area contributed by atoms with E-state index in [1.165, 1.54) is 12.1 Å². The summed E-state index contributed by atoms with van der Waals surface area (Å²) >= 11 is 6.09. The van der Waals surface area contributed by atoms with Crippen molar-refractivity contribution in [2.24, 2.45) is 5.92 Å². The summed E-state index contributed by atoms with van der Waals surface area (Å²) in [6, 6.07) is 4.00. The number of piperidine rings is 1. The molecule has 0 unspecified atom stereocenters. The van der Waals surface area contributed by atoms with Crippen LogP contribution in [0.2, 0.25) is 5.02 Å². The molecule has 4 aliphatic rings. The molecule has 2 saturated carbocycles. The number of amides is 2. The third kappa shape index (κ3) is 2.55. The second kappa shape index (κ2) is 5.69. The highest BCUT2D eigenvalue weighted by atomic mass is 35.5. The molecule has 2 aliphatic carbocycles. The second-order valence-corrected chi connectivity index (χ2v) is 8.75. The summed E-state index contributed by atoms with van der Waals surface area (Å²) in [6.07, 6.45) is 6.31. The topological polar surface area (TPSA) is 40.6 Å². The molecule has 4 nitrogen and oxygen atoms in total. The van der Waals surface area contributed by atoms with Crippen LogP contribution in [0.25, 0.3) is 0 Å². The minimum absolute atomic E-state index is 0.0640. The van der Waals surface area contributed by atoms with Gasteiger partial charge in [-0.05, 0) is 62.1 Å². The molecule has 0 aromatic heterocycles. The van der Waals surface area contributed by atoms with Crippen molar-refractivity contribution in [3.63, 3.8) is 0 Å². The van der Waals surface area contributed by atoms with E-state index >= 15 is 0 Å². The van der Waals surface area contributed by atoms with Gasteiger partial charge in [-0.2, -0.15) is 0 Å². The average molecular weight is 377 g/mol. The first-order valence-electron chi connectivity index (χ1n) is 9.55. The van der Waals surface area contributed by atoms with Crippen LogP contribution in [-0.2, 0) is 16.0 Å². The van der Waals surface area contributed by atoms with Gasteiger partial charge in [-0.15, -0.1) is 0 Å². The van der Waals surface area contributed by atoms with Crippen molar-refractivity contribution in [1.82, 2.24) is 9.80 Å². The molecule has 1 spiro atoms. The lowest BCUT2D eigenvalue weighted by Gasteiger charge is -2.33. The van der Waals surface area contributed by atoms with E-state index in [4.69, 9.17) is 11.6 Å². The van der Waals surface area contributed by atoms with Gasteiger partial charge in [0, 0.05) is 23.1 Å². The van der Waals surface area contributed by atoms with Gasteiger partial charge in [-0.3, -0.25) is 9.59 Å². The Morgan fingerprint density at radius 1 is 1.23 bits per heavy atom. The van der Waals surface area contributed by atoms with Crippen LogP contribution in [0.4, 0.5) is 4.39 Å². The van der Waals surface area contributed by atoms with Gasteiger partial charge in [0.1, 0.15) is 11.9 Å². The number of hydrogen-bond acceptors (Lipinski definition) is 2. The fourth-order valence-corrected chi connectivity index (χ4v) is 5.32. The lowest BCUT2D eigenvalue weighted by atomic mass is 10.1. The number of benzene rings is 1. The van der Waals surface area contributed by atoms with Crippen LogP contribution >= 0.6 is 11.6 Å². The number of carbonyl (C=O) groups excluding carboxylic acids is 2. The van der Waals surface area contributed by atoms with Gasteiger partial charge >= 0.3 is 0 Å². The first-order chi connectivity index (χ1) is 12.5. The molecule has 26 heavy (non-hydrogen) atoms. The van der Waals surface area contributed by atoms with E-state index in [0.717, 1.165) is 45.1 Å². The Morgan fingerprint density at radius 3 is 2.77 bits per heavy atom. The van der Waals surface area contributed by atoms with Crippen molar-refractivity contribution >= 4 is 23.4 Å². The minimum atomic E-state index is -0.411. The molecule has 0 bridgehead atoms. The van der Waals surface area contributed by atoms with Gasteiger partial charge < -0.3 is 9.80 Å². The number of rotatable bonds is 3. The predicted octanol–water partition coefficient (Wildman–Crippen LogP) is 3.17. The molecule has 2 aliphatic heterocycles. The average Bonchev–Trinajstić information content (AvgIpc) is 3.46. The van der Waals surface area contributed by atoms with Crippen LogP contribution in [0.3, 0.4) is 0 Å². The van der Waals surface area contributed by atoms with E-state index in [-0.39, 0.29) is 40.9 Å². The molecule has 5 rings (SSSR count). The smallest absolute Gasteiger partial charge is 0.245 e. The maximum Gasteiger partial charge on any atom is 0.245 e. The fourth-order valence-electron chi connectivity index (χ4n) is 5.08. The Labute approximate surface area is 157 Å².